The molecule has 3 rings (SSSR count). The van der Waals surface area contributed by atoms with Gasteiger partial charge in [0, 0.05) is 11.6 Å². The highest BCUT2D eigenvalue weighted by molar-refractivity contribution is 7.20. The smallest absolute Gasteiger partial charge is 0.0992 e. The van der Waals surface area contributed by atoms with E-state index in [0.29, 0.717) is 0 Å². The molecule has 0 aliphatic carbocycles. The Balaban J connectivity index is 1.90. The first-order valence-corrected chi connectivity index (χ1v) is 8.34. The van der Waals surface area contributed by atoms with Crippen molar-refractivity contribution >= 4 is 45.3 Å². The summed E-state index contributed by atoms with van der Waals surface area (Å²) in [5.74, 6) is 0. The summed E-state index contributed by atoms with van der Waals surface area (Å²) in [7, 11) is 1.95. The van der Waals surface area contributed by atoms with Gasteiger partial charge in [-0.2, -0.15) is 0 Å². The van der Waals surface area contributed by atoms with E-state index in [-0.39, 0.29) is 6.04 Å². The molecular formula is C17H15Cl2NS. The van der Waals surface area contributed by atoms with Crippen molar-refractivity contribution in [2.24, 2.45) is 0 Å². The number of thiophene rings is 1. The van der Waals surface area contributed by atoms with Gasteiger partial charge in [0.1, 0.15) is 0 Å². The number of halogens is 2. The molecule has 1 heterocycles. The third-order valence-corrected chi connectivity index (χ3v) is 5.18. The Hall–Kier alpha value is -1.06. The Morgan fingerprint density at radius 1 is 1.05 bits per heavy atom. The van der Waals surface area contributed by atoms with Gasteiger partial charge >= 0.3 is 0 Å². The van der Waals surface area contributed by atoms with E-state index in [4.69, 9.17) is 23.2 Å². The molecular weight excluding hydrogens is 321 g/mol. The van der Waals surface area contributed by atoms with Crippen LogP contribution in [0.4, 0.5) is 0 Å². The van der Waals surface area contributed by atoms with Crippen molar-refractivity contribution in [2.45, 2.75) is 12.5 Å². The van der Waals surface area contributed by atoms with E-state index in [1.807, 2.05) is 13.1 Å². The average molecular weight is 336 g/mol. The fraction of sp³-hybridized carbons (Fsp3) is 0.176. The minimum absolute atomic E-state index is 0.169. The number of hydrogen-bond donors (Lipinski definition) is 1. The zero-order chi connectivity index (χ0) is 14.8. The lowest BCUT2D eigenvalue weighted by Crippen LogP contribution is -2.18. The summed E-state index contributed by atoms with van der Waals surface area (Å²) in [5, 5.41) is 5.86. The zero-order valence-electron chi connectivity index (χ0n) is 11.6. The van der Waals surface area contributed by atoms with Gasteiger partial charge in [0.2, 0.25) is 0 Å². The van der Waals surface area contributed by atoms with E-state index in [1.165, 1.54) is 27.7 Å². The molecule has 108 valence electrons. The second kappa shape index (κ2) is 6.37. The monoisotopic (exact) mass is 335 g/mol. The number of fused-ring (bicyclic) bond motifs is 1. The molecule has 1 aromatic heterocycles. The molecule has 0 amide bonds. The lowest BCUT2D eigenvalue weighted by atomic mass is 9.99. The van der Waals surface area contributed by atoms with Crippen LogP contribution in [0.2, 0.25) is 8.67 Å². The molecule has 0 bridgehead atoms. The van der Waals surface area contributed by atoms with Gasteiger partial charge in [0.05, 0.1) is 8.67 Å². The van der Waals surface area contributed by atoms with E-state index in [1.54, 1.807) is 0 Å². The summed E-state index contributed by atoms with van der Waals surface area (Å²) in [5.41, 5.74) is 2.36. The van der Waals surface area contributed by atoms with Crippen LogP contribution in [-0.4, -0.2) is 7.05 Å². The van der Waals surface area contributed by atoms with E-state index in [9.17, 15) is 0 Å². The van der Waals surface area contributed by atoms with Crippen LogP contribution in [0.15, 0.2) is 48.5 Å². The summed E-state index contributed by atoms with van der Waals surface area (Å²) < 4.78 is 1.49. The molecule has 3 aromatic rings. The normalized spacial score (nSPS) is 12.7. The molecule has 0 aliphatic heterocycles. The van der Waals surface area contributed by atoms with Crippen molar-refractivity contribution in [3.63, 3.8) is 0 Å². The Labute approximate surface area is 138 Å². The summed E-state index contributed by atoms with van der Waals surface area (Å²) in [6.07, 6.45) is 0.883. The largest absolute Gasteiger partial charge is 0.313 e. The third-order valence-electron chi connectivity index (χ3n) is 3.66. The Morgan fingerprint density at radius 2 is 1.81 bits per heavy atom. The van der Waals surface area contributed by atoms with Crippen LogP contribution in [0, 0.1) is 0 Å². The highest BCUT2D eigenvalue weighted by atomic mass is 35.5. The molecule has 21 heavy (non-hydrogen) atoms. The molecule has 0 aliphatic rings. The minimum atomic E-state index is 0.169. The van der Waals surface area contributed by atoms with Gasteiger partial charge in [-0.15, -0.1) is 11.3 Å². The second-order valence-corrected chi connectivity index (χ2v) is 7.29. The van der Waals surface area contributed by atoms with Crippen LogP contribution in [0.3, 0.4) is 0 Å². The predicted molar refractivity (Wildman–Crippen MR) is 93.8 cm³/mol. The van der Waals surface area contributed by atoms with Crippen molar-refractivity contribution < 1.29 is 0 Å². The topological polar surface area (TPSA) is 12.0 Å². The van der Waals surface area contributed by atoms with Crippen molar-refractivity contribution in [1.29, 1.82) is 0 Å². The molecule has 0 spiro atoms. The van der Waals surface area contributed by atoms with Gasteiger partial charge in [0.15, 0.2) is 0 Å². The van der Waals surface area contributed by atoms with Crippen molar-refractivity contribution in [3.05, 3.63) is 68.3 Å². The van der Waals surface area contributed by atoms with E-state index in [0.717, 1.165) is 20.7 Å². The molecule has 0 fully saturated rings. The molecule has 4 heteroatoms. The van der Waals surface area contributed by atoms with Gasteiger partial charge in [-0.05, 0) is 35.9 Å². The van der Waals surface area contributed by atoms with Crippen LogP contribution in [0.5, 0.6) is 0 Å². The zero-order valence-corrected chi connectivity index (χ0v) is 13.9. The van der Waals surface area contributed by atoms with Crippen LogP contribution < -0.4 is 5.32 Å². The van der Waals surface area contributed by atoms with Crippen molar-refractivity contribution in [3.8, 4) is 0 Å². The summed E-state index contributed by atoms with van der Waals surface area (Å²) >= 11 is 13.7. The molecule has 1 atom stereocenters. The fourth-order valence-corrected chi connectivity index (χ4v) is 4.14. The minimum Gasteiger partial charge on any atom is -0.313 e. The first-order chi connectivity index (χ1) is 10.2. The molecule has 0 radical (unpaired) electrons. The maximum atomic E-state index is 6.27. The molecule has 0 saturated carbocycles. The Kier molecular flexibility index (Phi) is 4.51. The maximum Gasteiger partial charge on any atom is 0.0992 e. The van der Waals surface area contributed by atoms with Gasteiger partial charge in [-0.1, -0.05) is 65.7 Å². The summed E-state index contributed by atoms with van der Waals surface area (Å²) in [6, 6.07) is 17.1. The average Bonchev–Trinajstić information content (AvgIpc) is 2.83. The first kappa shape index (κ1) is 14.9. The van der Waals surface area contributed by atoms with Crippen molar-refractivity contribution in [2.75, 3.05) is 7.05 Å². The number of benzene rings is 2. The number of rotatable bonds is 4. The number of nitrogens with one attached hydrogen (secondary N) is 1. The lowest BCUT2D eigenvalue weighted by Gasteiger charge is -2.16. The van der Waals surface area contributed by atoms with E-state index < -0.39 is 0 Å². The molecule has 2 aromatic carbocycles. The summed E-state index contributed by atoms with van der Waals surface area (Å²) in [4.78, 5) is 0. The van der Waals surface area contributed by atoms with Gasteiger partial charge in [-0.3, -0.25) is 0 Å². The molecule has 0 saturated heterocycles. The van der Waals surface area contributed by atoms with Crippen LogP contribution in [0.1, 0.15) is 17.2 Å². The van der Waals surface area contributed by atoms with E-state index >= 15 is 0 Å². The highest BCUT2D eigenvalue weighted by Crippen LogP contribution is 2.36. The SMILES string of the molecule is CNC(Cc1ccc2ccccc2c1)c1cc(Cl)sc1Cl. The fourth-order valence-electron chi connectivity index (χ4n) is 2.56. The number of hydrogen-bond acceptors (Lipinski definition) is 2. The maximum absolute atomic E-state index is 6.27. The van der Waals surface area contributed by atoms with Gasteiger partial charge in [-0.25, -0.2) is 0 Å². The lowest BCUT2D eigenvalue weighted by molar-refractivity contribution is 0.594. The van der Waals surface area contributed by atoms with Crippen molar-refractivity contribution in [1.82, 2.24) is 5.32 Å². The van der Waals surface area contributed by atoms with Gasteiger partial charge < -0.3 is 5.32 Å². The number of likely N-dealkylation sites (N-methyl/N-ethyl adjacent to an activating group) is 1. The van der Waals surface area contributed by atoms with Crippen LogP contribution in [0.25, 0.3) is 10.8 Å². The standard InChI is InChI=1S/C17H15Cl2NS/c1-20-15(14-10-16(18)21-17(14)19)9-11-6-7-12-4-2-3-5-13(12)8-11/h2-8,10,15,20H,9H2,1H3. The summed E-state index contributed by atoms with van der Waals surface area (Å²) in [6.45, 7) is 0. The molecule has 1 unspecified atom stereocenters. The Morgan fingerprint density at radius 3 is 2.48 bits per heavy atom. The second-order valence-electron chi connectivity index (χ2n) is 5.01. The van der Waals surface area contributed by atoms with E-state index in [2.05, 4.69) is 47.8 Å². The predicted octanol–water partition coefficient (Wildman–Crippen LogP) is 5.71. The highest BCUT2D eigenvalue weighted by Gasteiger charge is 2.16. The first-order valence-electron chi connectivity index (χ1n) is 6.77. The van der Waals surface area contributed by atoms with Crippen LogP contribution in [-0.2, 0) is 6.42 Å². The van der Waals surface area contributed by atoms with Crippen LogP contribution >= 0.6 is 34.5 Å². The quantitative estimate of drug-likeness (QED) is 0.643. The molecule has 1 N–H and O–H groups in total. The molecule has 1 nitrogen and oxygen atoms in total. The third kappa shape index (κ3) is 3.24. The Bertz CT molecular complexity index is 766. The van der Waals surface area contributed by atoms with Gasteiger partial charge in [0.25, 0.3) is 0 Å².